The van der Waals surface area contributed by atoms with Crippen LogP contribution in [-0.4, -0.2) is 30.1 Å². The van der Waals surface area contributed by atoms with Crippen molar-refractivity contribution in [2.75, 3.05) is 7.05 Å². The predicted molar refractivity (Wildman–Crippen MR) is 144 cm³/mol. The monoisotopic (exact) mass is 465 g/mol. The Morgan fingerprint density at radius 1 is 1.09 bits per heavy atom. The van der Waals surface area contributed by atoms with E-state index in [2.05, 4.69) is 56.0 Å². The van der Waals surface area contributed by atoms with E-state index in [0.717, 1.165) is 35.0 Å². The number of fused-ring (bicyclic) bond motifs is 1. The SMILES string of the molecule is C=CCC=O.CC.CC1=C(C)Sc2ccccc2C(c2ccccn2)=N1.CNC1CCCC1. The molecule has 4 rings (SSSR count). The number of hydrogen-bond donors (Lipinski definition) is 1. The lowest BCUT2D eigenvalue weighted by molar-refractivity contribution is -0.107. The fourth-order valence-corrected chi connectivity index (χ4v) is 4.22. The molecule has 0 bridgehead atoms. The van der Waals surface area contributed by atoms with Gasteiger partial charge in [-0.15, -0.1) is 6.58 Å². The number of aldehydes is 1. The third-order valence-electron chi connectivity index (χ3n) is 5.13. The Bertz CT molecular complexity index is 894. The lowest BCUT2D eigenvalue weighted by Crippen LogP contribution is -2.20. The molecule has 2 heterocycles. The molecular weight excluding hydrogens is 426 g/mol. The Balaban J connectivity index is 0.000000321. The number of aromatic nitrogens is 1. The standard InChI is InChI=1S/C16H14N2S.C6H13N.C4H6O.C2H6/c1-11-12(2)19-15-9-4-3-7-13(15)16(18-11)14-8-5-6-10-17-14;1-7-6-4-2-3-5-6;1-2-3-4-5;1-2/h3-10H,1-2H3;6-7H,2-5H2,1H3;2,4H,1,3H2;1-2H3. The molecule has 178 valence electrons. The molecule has 0 radical (unpaired) electrons. The summed E-state index contributed by atoms with van der Waals surface area (Å²) < 4.78 is 0. The number of pyridine rings is 1. The van der Waals surface area contributed by atoms with E-state index in [1.54, 1.807) is 17.8 Å². The van der Waals surface area contributed by atoms with Crippen LogP contribution in [0.25, 0.3) is 0 Å². The number of carbonyl (C=O) groups excluding carboxylic acids is 1. The minimum absolute atomic E-state index is 0.472. The molecule has 5 heteroatoms. The van der Waals surface area contributed by atoms with Gasteiger partial charge in [0.25, 0.3) is 0 Å². The van der Waals surface area contributed by atoms with Gasteiger partial charge in [-0.2, -0.15) is 0 Å². The Morgan fingerprint density at radius 2 is 1.76 bits per heavy atom. The zero-order valence-corrected chi connectivity index (χ0v) is 21.6. The number of allylic oxidation sites excluding steroid dienone is 3. The quantitative estimate of drug-likeness (QED) is 0.383. The zero-order chi connectivity index (χ0) is 24.5. The molecule has 1 saturated carbocycles. The van der Waals surface area contributed by atoms with E-state index in [1.807, 2.05) is 44.3 Å². The van der Waals surface area contributed by atoms with Crippen LogP contribution in [0.2, 0.25) is 0 Å². The minimum atomic E-state index is 0.472. The number of benzene rings is 1. The molecule has 0 amide bonds. The summed E-state index contributed by atoms with van der Waals surface area (Å²) in [6.07, 6.45) is 10.3. The van der Waals surface area contributed by atoms with E-state index in [0.29, 0.717) is 6.42 Å². The second-order valence-electron chi connectivity index (χ2n) is 7.38. The molecule has 0 saturated heterocycles. The summed E-state index contributed by atoms with van der Waals surface area (Å²) in [5.41, 5.74) is 4.09. The number of thioether (sulfide) groups is 1. The predicted octanol–water partition coefficient (Wildman–Crippen LogP) is 7.21. The van der Waals surface area contributed by atoms with Crippen molar-refractivity contribution in [2.24, 2.45) is 4.99 Å². The van der Waals surface area contributed by atoms with Crippen LogP contribution in [0.1, 0.15) is 71.1 Å². The highest BCUT2D eigenvalue weighted by Gasteiger charge is 2.17. The summed E-state index contributed by atoms with van der Waals surface area (Å²) >= 11 is 1.78. The topological polar surface area (TPSA) is 54.4 Å². The highest BCUT2D eigenvalue weighted by molar-refractivity contribution is 8.03. The van der Waals surface area contributed by atoms with Gasteiger partial charge in [-0.25, -0.2) is 4.99 Å². The van der Waals surface area contributed by atoms with E-state index in [9.17, 15) is 4.79 Å². The smallest absolute Gasteiger partial charge is 0.123 e. The van der Waals surface area contributed by atoms with E-state index < -0.39 is 0 Å². The second-order valence-corrected chi connectivity index (χ2v) is 8.63. The van der Waals surface area contributed by atoms with Crippen LogP contribution < -0.4 is 5.32 Å². The molecule has 1 aliphatic carbocycles. The van der Waals surface area contributed by atoms with Crippen LogP contribution in [0.4, 0.5) is 0 Å². The van der Waals surface area contributed by atoms with Crippen LogP contribution >= 0.6 is 11.8 Å². The molecule has 33 heavy (non-hydrogen) atoms. The van der Waals surface area contributed by atoms with Crippen LogP contribution in [0.5, 0.6) is 0 Å². The molecule has 0 atom stereocenters. The van der Waals surface area contributed by atoms with Gasteiger partial charge in [-0.05, 0) is 51.9 Å². The van der Waals surface area contributed by atoms with Crippen molar-refractivity contribution >= 4 is 23.8 Å². The van der Waals surface area contributed by atoms with E-state index >= 15 is 0 Å². The average Bonchev–Trinajstić information content (AvgIpc) is 3.36. The Kier molecular flexibility index (Phi) is 14.7. The lowest BCUT2D eigenvalue weighted by Gasteiger charge is -2.08. The Morgan fingerprint density at radius 3 is 2.27 bits per heavy atom. The van der Waals surface area contributed by atoms with Crippen molar-refractivity contribution < 1.29 is 4.79 Å². The number of aliphatic imine (C=N–C) groups is 1. The van der Waals surface area contributed by atoms with Gasteiger partial charge in [-0.3, -0.25) is 4.98 Å². The first-order valence-corrected chi connectivity index (χ1v) is 12.6. The lowest BCUT2D eigenvalue weighted by atomic mass is 10.1. The molecule has 1 fully saturated rings. The fraction of sp³-hybridized carbons (Fsp3) is 0.393. The van der Waals surface area contributed by atoms with Crippen molar-refractivity contribution in [3.63, 3.8) is 0 Å². The normalized spacial score (nSPS) is 14.6. The summed E-state index contributed by atoms with van der Waals surface area (Å²) in [7, 11) is 2.05. The van der Waals surface area contributed by atoms with Gasteiger partial charge >= 0.3 is 0 Å². The van der Waals surface area contributed by atoms with Gasteiger partial charge in [-0.1, -0.05) is 68.8 Å². The summed E-state index contributed by atoms with van der Waals surface area (Å²) in [5.74, 6) is 0. The summed E-state index contributed by atoms with van der Waals surface area (Å²) in [4.78, 5) is 21.0. The van der Waals surface area contributed by atoms with Crippen molar-refractivity contribution in [2.45, 2.75) is 70.7 Å². The van der Waals surface area contributed by atoms with Crippen molar-refractivity contribution in [1.82, 2.24) is 10.3 Å². The van der Waals surface area contributed by atoms with Crippen LogP contribution in [0, 0.1) is 0 Å². The number of rotatable bonds is 4. The maximum absolute atomic E-state index is 9.33. The number of hydrogen-bond acceptors (Lipinski definition) is 5. The van der Waals surface area contributed by atoms with E-state index in [-0.39, 0.29) is 0 Å². The molecule has 1 aromatic carbocycles. The summed E-state index contributed by atoms with van der Waals surface area (Å²) in [5, 5.41) is 3.26. The van der Waals surface area contributed by atoms with Gasteiger partial charge in [0.2, 0.25) is 0 Å². The summed E-state index contributed by atoms with van der Waals surface area (Å²) in [6.45, 7) is 11.5. The van der Waals surface area contributed by atoms with Gasteiger partial charge < -0.3 is 10.1 Å². The molecule has 4 nitrogen and oxygen atoms in total. The van der Waals surface area contributed by atoms with Gasteiger partial charge in [0.15, 0.2) is 0 Å². The highest BCUT2D eigenvalue weighted by atomic mass is 32.2. The zero-order valence-electron chi connectivity index (χ0n) is 20.8. The first-order chi connectivity index (χ1) is 16.1. The van der Waals surface area contributed by atoms with E-state index in [4.69, 9.17) is 4.99 Å². The maximum atomic E-state index is 9.33. The number of carbonyl (C=O) groups is 1. The van der Waals surface area contributed by atoms with Gasteiger partial charge in [0, 0.05) is 39.7 Å². The van der Waals surface area contributed by atoms with Gasteiger partial charge in [0.05, 0.1) is 11.4 Å². The first kappa shape index (κ1) is 28.5. The van der Waals surface area contributed by atoms with Crippen LogP contribution in [-0.2, 0) is 4.79 Å². The highest BCUT2D eigenvalue weighted by Crippen LogP contribution is 2.35. The van der Waals surface area contributed by atoms with Crippen LogP contribution in [0.3, 0.4) is 0 Å². The molecule has 1 aliphatic heterocycles. The molecule has 1 aromatic heterocycles. The fourth-order valence-electron chi connectivity index (χ4n) is 3.28. The molecule has 2 aromatic rings. The maximum Gasteiger partial charge on any atom is 0.123 e. The molecule has 2 aliphatic rings. The van der Waals surface area contributed by atoms with Crippen molar-refractivity contribution in [3.05, 3.63) is 83.2 Å². The second kappa shape index (κ2) is 17.0. The Labute approximate surface area is 204 Å². The molecule has 1 N–H and O–H groups in total. The minimum Gasteiger partial charge on any atom is -0.317 e. The number of nitrogens with one attached hydrogen (secondary N) is 1. The van der Waals surface area contributed by atoms with E-state index in [1.165, 1.54) is 35.5 Å². The summed E-state index contributed by atoms with van der Waals surface area (Å²) in [6, 6.07) is 15.1. The average molecular weight is 466 g/mol. The third-order valence-corrected chi connectivity index (χ3v) is 6.31. The first-order valence-electron chi connectivity index (χ1n) is 11.8. The Hall–Kier alpha value is -2.50. The van der Waals surface area contributed by atoms with Crippen LogP contribution in [0.15, 0.2) is 81.8 Å². The van der Waals surface area contributed by atoms with Crippen molar-refractivity contribution in [3.8, 4) is 0 Å². The molecular formula is C28H39N3OS. The third kappa shape index (κ3) is 9.89. The number of nitrogens with zero attached hydrogens (tertiary/aromatic N) is 2. The molecule has 0 spiro atoms. The van der Waals surface area contributed by atoms with Crippen molar-refractivity contribution in [1.29, 1.82) is 0 Å². The molecule has 0 unspecified atom stereocenters. The van der Waals surface area contributed by atoms with Gasteiger partial charge in [0.1, 0.15) is 6.29 Å². The largest absolute Gasteiger partial charge is 0.317 e.